The lowest BCUT2D eigenvalue weighted by Gasteiger charge is -2.29. The van der Waals surface area contributed by atoms with Crippen molar-refractivity contribution in [1.29, 1.82) is 0 Å². The number of aromatic nitrogens is 1. The van der Waals surface area contributed by atoms with Gasteiger partial charge in [0.1, 0.15) is 0 Å². The minimum Gasteiger partial charge on any atom is -0.479 e. The van der Waals surface area contributed by atoms with Crippen molar-refractivity contribution in [3.8, 4) is 22.4 Å². The van der Waals surface area contributed by atoms with Crippen molar-refractivity contribution in [2.24, 2.45) is 0 Å². The number of halogens is 1. The number of carboxylic acids is 1. The van der Waals surface area contributed by atoms with Gasteiger partial charge in [0.25, 0.3) is 0 Å². The first-order chi connectivity index (χ1) is 16.4. The summed E-state index contributed by atoms with van der Waals surface area (Å²) in [5, 5.41) is 10.9. The first kappa shape index (κ1) is 26.9. The van der Waals surface area contributed by atoms with Crippen LogP contribution in [0.1, 0.15) is 61.7 Å². The summed E-state index contributed by atoms with van der Waals surface area (Å²) in [5.74, 6) is -1.08. The van der Waals surface area contributed by atoms with Crippen LogP contribution in [0.15, 0.2) is 42.5 Å². The second-order valence-corrected chi connectivity index (χ2v) is 10.1. The SMILES string of the molecule is CCOCc1nc(-c2ccc(C)c(C)c2)c(C)c(-c2ccc(Cl)cc2)c1C(OC(C)(C)C)C(=O)O. The van der Waals surface area contributed by atoms with Crippen molar-refractivity contribution < 1.29 is 19.4 Å². The molecule has 0 aliphatic carbocycles. The highest BCUT2D eigenvalue weighted by molar-refractivity contribution is 6.30. The van der Waals surface area contributed by atoms with E-state index in [1.807, 2.05) is 52.8 Å². The van der Waals surface area contributed by atoms with E-state index in [9.17, 15) is 9.90 Å². The Kier molecular flexibility index (Phi) is 8.37. The Morgan fingerprint density at radius 2 is 1.66 bits per heavy atom. The molecule has 186 valence electrons. The van der Waals surface area contributed by atoms with E-state index in [1.54, 1.807) is 12.1 Å². The summed E-state index contributed by atoms with van der Waals surface area (Å²) >= 11 is 6.19. The zero-order valence-electron chi connectivity index (χ0n) is 21.5. The van der Waals surface area contributed by atoms with Gasteiger partial charge in [0, 0.05) is 22.8 Å². The maximum Gasteiger partial charge on any atom is 0.337 e. The molecule has 1 aromatic heterocycles. The molecule has 5 nitrogen and oxygen atoms in total. The predicted octanol–water partition coefficient (Wildman–Crippen LogP) is 7.47. The van der Waals surface area contributed by atoms with Crippen LogP contribution in [0.2, 0.25) is 5.02 Å². The van der Waals surface area contributed by atoms with Crippen molar-refractivity contribution in [3.63, 3.8) is 0 Å². The largest absolute Gasteiger partial charge is 0.479 e. The van der Waals surface area contributed by atoms with Crippen LogP contribution in [-0.2, 0) is 20.9 Å². The molecule has 1 N–H and O–H groups in total. The zero-order chi connectivity index (χ0) is 25.9. The van der Waals surface area contributed by atoms with Gasteiger partial charge in [0.15, 0.2) is 6.10 Å². The predicted molar refractivity (Wildman–Crippen MR) is 141 cm³/mol. The molecule has 0 saturated heterocycles. The molecule has 3 aromatic rings. The van der Waals surface area contributed by atoms with E-state index in [4.69, 9.17) is 26.1 Å². The monoisotopic (exact) mass is 495 g/mol. The van der Waals surface area contributed by atoms with Crippen LogP contribution < -0.4 is 0 Å². The first-order valence-electron chi connectivity index (χ1n) is 11.8. The first-order valence-corrected chi connectivity index (χ1v) is 12.2. The van der Waals surface area contributed by atoms with Gasteiger partial charge < -0.3 is 14.6 Å². The zero-order valence-corrected chi connectivity index (χ0v) is 22.3. The molecular formula is C29H34ClNO4. The van der Waals surface area contributed by atoms with Crippen molar-refractivity contribution >= 4 is 17.6 Å². The normalized spacial score (nSPS) is 12.6. The number of rotatable bonds is 8. The molecule has 6 heteroatoms. The summed E-state index contributed by atoms with van der Waals surface area (Å²) in [7, 11) is 0. The van der Waals surface area contributed by atoms with Crippen molar-refractivity contribution in [3.05, 3.63) is 75.4 Å². The lowest BCUT2D eigenvalue weighted by molar-refractivity contribution is -0.160. The quantitative estimate of drug-likeness (QED) is 0.351. The molecule has 35 heavy (non-hydrogen) atoms. The maximum absolute atomic E-state index is 12.6. The summed E-state index contributed by atoms with van der Waals surface area (Å²) < 4.78 is 11.9. The van der Waals surface area contributed by atoms with Crippen LogP contribution in [0.5, 0.6) is 0 Å². The number of nitrogens with zero attached hydrogens (tertiary/aromatic N) is 1. The Morgan fingerprint density at radius 3 is 2.20 bits per heavy atom. The Morgan fingerprint density at radius 1 is 1.03 bits per heavy atom. The smallest absolute Gasteiger partial charge is 0.337 e. The second-order valence-electron chi connectivity index (χ2n) is 9.71. The highest BCUT2D eigenvalue weighted by atomic mass is 35.5. The van der Waals surface area contributed by atoms with Crippen molar-refractivity contribution in [2.75, 3.05) is 6.61 Å². The molecule has 0 aliphatic heterocycles. The van der Waals surface area contributed by atoms with Gasteiger partial charge in [0.05, 0.1) is 23.6 Å². The van der Waals surface area contributed by atoms with Gasteiger partial charge in [-0.25, -0.2) is 9.78 Å². The second kappa shape index (κ2) is 10.9. The Labute approximate surface area is 213 Å². The van der Waals surface area contributed by atoms with Crippen molar-refractivity contribution in [1.82, 2.24) is 4.98 Å². The fourth-order valence-corrected chi connectivity index (χ4v) is 4.21. The lowest BCUT2D eigenvalue weighted by atomic mass is 9.88. The Hall–Kier alpha value is -2.73. The number of hydrogen-bond donors (Lipinski definition) is 1. The van der Waals surface area contributed by atoms with Gasteiger partial charge in [-0.15, -0.1) is 0 Å². The van der Waals surface area contributed by atoms with Gasteiger partial charge in [0.2, 0.25) is 0 Å². The Bertz CT molecular complexity index is 1210. The van der Waals surface area contributed by atoms with Gasteiger partial charge in [-0.1, -0.05) is 35.9 Å². The molecule has 2 aromatic carbocycles. The number of ether oxygens (including phenoxy) is 2. The van der Waals surface area contributed by atoms with E-state index >= 15 is 0 Å². The average Bonchev–Trinajstić information content (AvgIpc) is 2.78. The van der Waals surface area contributed by atoms with Gasteiger partial charge in [-0.2, -0.15) is 0 Å². The van der Waals surface area contributed by atoms with Gasteiger partial charge >= 0.3 is 5.97 Å². The molecule has 1 atom stereocenters. The highest BCUT2D eigenvalue weighted by Gasteiger charge is 2.34. The molecule has 0 bridgehead atoms. The molecule has 0 fully saturated rings. The van der Waals surface area contributed by atoms with E-state index in [-0.39, 0.29) is 6.61 Å². The topological polar surface area (TPSA) is 68.7 Å². The number of hydrogen-bond acceptors (Lipinski definition) is 4. The Balaban J connectivity index is 2.42. The van der Waals surface area contributed by atoms with E-state index in [0.717, 1.165) is 33.5 Å². The number of carbonyl (C=O) groups is 1. The third-order valence-corrected chi connectivity index (χ3v) is 6.12. The number of carboxylic acid groups (broad SMARTS) is 1. The number of aliphatic carboxylic acids is 1. The van der Waals surface area contributed by atoms with Crippen LogP contribution in [0.4, 0.5) is 0 Å². The average molecular weight is 496 g/mol. The standard InChI is InChI=1S/C29H34ClNO4/c1-8-34-16-23-25(27(28(32)33)35-29(5,6)7)24(20-11-13-22(30)14-12-20)19(4)26(31-23)21-10-9-17(2)18(3)15-21/h9-15,27H,8,16H2,1-7H3,(H,32,33). The molecule has 0 amide bonds. The minimum absolute atomic E-state index is 0.168. The molecule has 0 radical (unpaired) electrons. The molecule has 0 saturated carbocycles. The van der Waals surface area contributed by atoms with Crippen molar-refractivity contribution in [2.45, 2.75) is 66.8 Å². The number of pyridine rings is 1. The maximum atomic E-state index is 12.6. The third kappa shape index (κ3) is 6.29. The molecule has 1 unspecified atom stereocenters. The fraction of sp³-hybridized carbons (Fsp3) is 0.379. The number of benzene rings is 2. The van der Waals surface area contributed by atoms with Gasteiger partial charge in [-0.05, 0) is 94.5 Å². The summed E-state index contributed by atoms with van der Waals surface area (Å²) in [6.45, 7) is 14.2. The van der Waals surface area contributed by atoms with E-state index in [2.05, 4.69) is 26.0 Å². The summed E-state index contributed by atoms with van der Waals surface area (Å²) in [5.41, 5.74) is 6.96. The van der Waals surface area contributed by atoms with E-state index in [0.29, 0.717) is 22.9 Å². The molecule has 0 aliphatic rings. The van der Waals surface area contributed by atoms with E-state index < -0.39 is 17.7 Å². The van der Waals surface area contributed by atoms with Gasteiger partial charge in [-0.3, -0.25) is 0 Å². The van der Waals surface area contributed by atoms with Crippen LogP contribution in [0, 0.1) is 20.8 Å². The fourth-order valence-electron chi connectivity index (χ4n) is 4.08. The summed E-state index contributed by atoms with van der Waals surface area (Å²) in [4.78, 5) is 17.6. The van der Waals surface area contributed by atoms with Crippen LogP contribution in [0.25, 0.3) is 22.4 Å². The van der Waals surface area contributed by atoms with E-state index in [1.165, 1.54) is 5.56 Å². The molecular weight excluding hydrogens is 462 g/mol. The summed E-state index contributed by atoms with van der Waals surface area (Å²) in [6.07, 6.45) is -1.23. The van der Waals surface area contributed by atoms with Crippen LogP contribution in [-0.4, -0.2) is 28.3 Å². The minimum atomic E-state index is -1.23. The van der Waals surface area contributed by atoms with Crippen LogP contribution in [0.3, 0.4) is 0 Å². The third-order valence-electron chi connectivity index (χ3n) is 5.87. The summed E-state index contributed by atoms with van der Waals surface area (Å²) in [6, 6.07) is 13.6. The molecule has 0 spiro atoms. The molecule has 1 heterocycles. The van der Waals surface area contributed by atoms with Crippen LogP contribution >= 0.6 is 11.6 Å². The highest BCUT2D eigenvalue weighted by Crippen LogP contribution is 2.41. The lowest BCUT2D eigenvalue weighted by Crippen LogP contribution is -2.29. The molecule has 3 rings (SSSR count). The number of aryl methyl sites for hydroxylation is 2.